The Hall–Kier alpha value is -1.96. The predicted molar refractivity (Wildman–Crippen MR) is 69.7 cm³/mol. The number of aromatic nitrogens is 1. The molecule has 3 atom stereocenters. The molecule has 0 aromatic carbocycles. The van der Waals surface area contributed by atoms with Crippen LogP contribution in [0.1, 0.15) is 37.6 Å². The van der Waals surface area contributed by atoms with Gasteiger partial charge < -0.3 is 5.32 Å². The van der Waals surface area contributed by atoms with Gasteiger partial charge in [-0.25, -0.2) is 4.98 Å². The van der Waals surface area contributed by atoms with Crippen molar-refractivity contribution in [2.75, 3.05) is 0 Å². The molecule has 0 saturated carbocycles. The number of pyridine rings is 1. The minimum Gasteiger partial charge on any atom is -0.349 e. The molecule has 1 heterocycles. The van der Waals surface area contributed by atoms with Crippen LogP contribution in [-0.4, -0.2) is 16.9 Å². The zero-order valence-corrected chi connectivity index (χ0v) is 11.4. The average Bonchev–Trinajstić information content (AvgIpc) is 2.42. The molecule has 102 valence electrons. The van der Waals surface area contributed by atoms with Gasteiger partial charge in [0.1, 0.15) is 0 Å². The van der Waals surface area contributed by atoms with Gasteiger partial charge in [-0.2, -0.15) is 9.65 Å². The van der Waals surface area contributed by atoms with Gasteiger partial charge in [0, 0.05) is 29.8 Å². The van der Waals surface area contributed by atoms with E-state index in [1.165, 1.54) is 12.3 Å². The number of carbonyl (C=O) groups is 1. The number of nitrogens with zero attached hydrogens (tertiary/aromatic N) is 2. The van der Waals surface area contributed by atoms with Gasteiger partial charge in [-0.05, 0) is 25.3 Å². The summed E-state index contributed by atoms with van der Waals surface area (Å²) in [6, 6.07) is 4.63. The van der Waals surface area contributed by atoms with E-state index in [0.29, 0.717) is 6.42 Å². The molecular weight excluding hydrogens is 245 g/mol. The molecule has 1 amide bonds. The van der Waals surface area contributed by atoms with E-state index in [2.05, 4.69) is 16.4 Å². The van der Waals surface area contributed by atoms with Crippen LogP contribution >= 0.6 is 0 Å². The van der Waals surface area contributed by atoms with E-state index >= 15 is 0 Å². The maximum Gasteiger partial charge on any atom is 0.251 e. The van der Waals surface area contributed by atoms with Gasteiger partial charge in [0.2, 0.25) is 5.95 Å². The molecule has 5 heteroatoms. The van der Waals surface area contributed by atoms with E-state index in [1.807, 2.05) is 20.8 Å². The summed E-state index contributed by atoms with van der Waals surface area (Å²) in [6.07, 6.45) is 1.97. The summed E-state index contributed by atoms with van der Waals surface area (Å²) in [4.78, 5) is 15.4. The second kappa shape index (κ2) is 6.83. The number of hydrogen-bond donors (Lipinski definition) is 1. The molecule has 0 fully saturated rings. The summed E-state index contributed by atoms with van der Waals surface area (Å²) >= 11 is 0. The van der Waals surface area contributed by atoms with Gasteiger partial charge >= 0.3 is 0 Å². The van der Waals surface area contributed by atoms with Gasteiger partial charge in [-0.1, -0.05) is 13.8 Å². The van der Waals surface area contributed by atoms with Crippen molar-refractivity contribution in [3.8, 4) is 6.07 Å². The number of hydrogen-bond acceptors (Lipinski definition) is 3. The first-order valence-electron chi connectivity index (χ1n) is 6.31. The number of carbonyl (C=O) groups excluding carboxylic acids is 1. The number of amides is 1. The zero-order valence-electron chi connectivity index (χ0n) is 11.4. The quantitative estimate of drug-likeness (QED) is 0.830. The number of halogens is 1. The van der Waals surface area contributed by atoms with Crippen molar-refractivity contribution in [2.45, 2.75) is 33.2 Å². The van der Waals surface area contributed by atoms with Gasteiger partial charge in [-0.15, -0.1) is 0 Å². The molecule has 1 aromatic heterocycles. The molecule has 0 spiro atoms. The molecule has 4 nitrogen and oxygen atoms in total. The predicted octanol–water partition coefficient (Wildman–Crippen LogP) is 2.52. The fourth-order valence-electron chi connectivity index (χ4n) is 1.87. The summed E-state index contributed by atoms with van der Waals surface area (Å²) < 4.78 is 13.0. The normalized spacial score (nSPS) is 15.1. The molecule has 1 N–H and O–H groups in total. The lowest BCUT2D eigenvalue weighted by atomic mass is 9.88. The number of rotatable bonds is 5. The maximum absolute atomic E-state index is 13.0. The Morgan fingerprint density at radius 1 is 1.58 bits per heavy atom. The number of nitrogens with one attached hydrogen (secondary N) is 1. The molecule has 0 radical (unpaired) electrons. The minimum absolute atomic E-state index is 0.0330. The third-order valence-corrected chi connectivity index (χ3v) is 3.37. The Kier molecular flexibility index (Phi) is 5.43. The lowest BCUT2D eigenvalue weighted by Crippen LogP contribution is -2.41. The Morgan fingerprint density at radius 2 is 2.26 bits per heavy atom. The maximum atomic E-state index is 13.0. The average molecular weight is 263 g/mol. The standard InChI is InChI=1S/C14H18FN3O/c1-4-12(10(3)9(2)8-16)18-14(19)11-5-6-17-13(15)7-11/h5-7,9-10,12H,4H2,1-3H3,(H,18,19)/t9?,10-,12+/m0/s1. The van der Waals surface area contributed by atoms with Crippen molar-refractivity contribution >= 4 is 5.91 Å². The smallest absolute Gasteiger partial charge is 0.251 e. The van der Waals surface area contributed by atoms with Crippen molar-refractivity contribution in [1.82, 2.24) is 10.3 Å². The molecular formula is C14H18FN3O. The van der Waals surface area contributed by atoms with Crippen LogP contribution < -0.4 is 5.32 Å². The van der Waals surface area contributed by atoms with Crippen molar-refractivity contribution in [1.29, 1.82) is 5.26 Å². The second-order valence-corrected chi connectivity index (χ2v) is 4.63. The summed E-state index contributed by atoms with van der Waals surface area (Å²) in [6.45, 7) is 5.69. The van der Waals surface area contributed by atoms with Gasteiger partial charge in [0.15, 0.2) is 0 Å². The van der Waals surface area contributed by atoms with Crippen LogP contribution in [0.25, 0.3) is 0 Å². The first-order valence-corrected chi connectivity index (χ1v) is 6.31. The van der Waals surface area contributed by atoms with E-state index in [1.54, 1.807) is 0 Å². The van der Waals surface area contributed by atoms with Crippen LogP contribution in [0.5, 0.6) is 0 Å². The lowest BCUT2D eigenvalue weighted by molar-refractivity contribution is 0.0916. The Morgan fingerprint density at radius 3 is 2.79 bits per heavy atom. The summed E-state index contributed by atoms with van der Waals surface area (Å²) in [5, 5.41) is 11.8. The van der Waals surface area contributed by atoms with Crippen molar-refractivity contribution in [3.63, 3.8) is 0 Å². The molecule has 0 aliphatic carbocycles. The van der Waals surface area contributed by atoms with Crippen molar-refractivity contribution in [3.05, 3.63) is 29.8 Å². The molecule has 1 aromatic rings. The third kappa shape index (κ3) is 4.02. The Bertz CT molecular complexity index is 484. The molecule has 0 saturated heterocycles. The fraction of sp³-hybridized carbons (Fsp3) is 0.500. The molecule has 0 aliphatic heterocycles. The van der Waals surface area contributed by atoms with E-state index < -0.39 is 5.95 Å². The highest BCUT2D eigenvalue weighted by Crippen LogP contribution is 2.17. The van der Waals surface area contributed by atoms with Crippen LogP contribution in [0.3, 0.4) is 0 Å². The summed E-state index contributed by atoms with van der Waals surface area (Å²) in [5.74, 6) is -1.14. The van der Waals surface area contributed by atoms with Gasteiger partial charge in [-0.3, -0.25) is 4.79 Å². The first kappa shape index (κ1) is 15.1. The highest BCUT2D eigenvalue weighted by molar-refractivity contribution is 5.94. The SMILES string of the molecule is CC[C@@H](NC(=O)c1ccnc(F)c1)[C@@H](C)C(C)C#N. The van der Waals surface area contributed by atoms with Crippen LogP contribution in [0.2, 0.25) is 0 Å². The summed E-state index contributed by atoms with van der Waals surface area (Å²) in [7, 11) is 0. The van der Waals surface area contributed by atoms with E-state index in [9.17, 15) is 9.18 Å². The molecule has 19 heavy (non-hydrogen) atoms. The topological polar surface area (TPSA) is 65.8 Å². The fourth-order valence-corrected chi connectivity index (χ4v) is 1.87. The Balaban J connectivity index is 2.77. The Labute approximate surface area is 112 Å². The van der Waals surface area contributed by atoms with E-state index in [0.717, 1.165) is 6.07 Å². The first-order chi connectivity index (χ1) is 8.99. The van der Waals surface area contributed by atoms with Crippen LogP contribution in [0.4, 0.5) is 4.39 Å². The van der Waals surface area contributed by atoms with Crippen molar-refractivity contribution in [2.24, 2.45) is 11.8 Å². The number of nitriles is 1. The van der Waals surface area contributed by atoms with Crippen LogP contribution in [-0.2, 0) is 0 Å². The largest absolute Gasteiger partial charge is 0.349 e. The zero-order chi connectivity index (χ0) is 14.4. The highest BCUT2D eigenvalue weighted by atomic mass is 19.1. The molecule has 0 bridgehead atoms. The minimum atomic E-state index is -0.681. The van der Waals surface area contributed by atoms with Gasteiger partial charge in [0.05, 0.1) is 6.07 Å². The highest BCUT2D eigenvalue weighted by Gasteiger charge is 2.23. The lowest BCUT2D eigenvalue weighted by Gasteiger charge is -2.25. The van der Waals surface area contributed by atoms with E-state index in [4.69, 9.17) is 5.26 Å². The molecule has 1 rings (SSSR count). The van der Waals surface area contributed by atoms with Crippen molar-refractivity contribution < 1.29 is 9.18 Å². The van der Waals surface area contributed by atoms with Crippen LogP contribution in [0, 0.1) is 29.1 Å². The second-order valence-electron chi connectivity index (χ2n) is 4.63. The summed E-state index contributed by atoms with van der Waals surface area (Å²) in [5.41, 5.74) is 0.239. The van der Waals surface area contributed by atoms with E-state index in [-0.39, 0.29) is 29.3 Å². The molecule has 1 unspecified atom stereocenters. The van der Waals surface area contributed by atoms with Crippen LogP contribution in [0.15, 0.2) is 18.3 Å². The monoisotopic (exact) mass is 263 g/mol. The third-order valence-electron chi connectivity index (χ3n) is 3.37. The molecule has 0 aliphatic rings. The van der Waals surface area contributed by atoms with Gasteiger partial charge in [0.25, 0.3) is 5.91 Å².